The summed E-state index contributed by atoms with van der Waals surface area (Å²) >= 11 is 5.01. The molecule has 0 amide bonds. The lowest BCUT2D eigenvalue weighted by Gasteiger charge is -2.13. The van der Waals surface area contributed by atoms with Crippen LogP contribution in [0.1, 0.15) is 10.8 Å². The van der Waals surface area contributed by atoms with Crippen molar-refractivity contribution >= 4 is 27.7 Å². The summed E-state index contributed by atoms with van der Waals surface area (Å²) in [7, 11) is 0. The minimum atomic E-state index is 0.186. The summed E-state index contributed by atoms with van der Waals surface area (Å²) in [5, 5.41) is 0.941. The van der Waals surface area contributed by atoms with Crippen molar-refractivity contribution in [3.8, 4) is 0 Å². The van der Waals surface area contributed by atoms with Crippen molar-refractivity contribution in [1.29, 1.82) is 0 Å². The molecule has 5 heteroatoms. The topological polar surface area (TPSA) is 51.8 Å². The lowest BCUT2D eigenvalue weighted by molar-refractivity contribution is 0.909. The van der Waals surface area contributed by atoms with Crippen LogP contribution in [0.25, 0.3) is 0 Å². The van der Waals surface area contributed by atoms with Gasteiger partial charge < -0.3 is 5.73 Å². The molecule has 3 nitrogen and oxygen atoms in total. The van der Waals surface area contributed by atoms with Crippen LogP contribution in [0.2, 0.25) is 0 Å². The molecular formula is C12H12BrN3S. The molecule has 0 saturated heterocycles. The minimum Gasteiger partial charge on any atom is -0.329 e. The highest BCUT2D eigenvalue weighted by molar-refractivity contribution is 9.10. The number of hydrogen-bond donors (Lipinski definition) is 1. The van der Waals surface area contributed by atoms with Crippen LogP contribution in [0.3, 0.4) is 0 Å². The van der Waals surface area contributed by atoms with Crippen molar-refractivity contribution in [2.24, 2.45) is 5.73 Å². The minimum absolute atomic E-state index is 0.186. The van der Waals surface area contributed by atoms with Gasteiger partial charge in [-0.2, -0.15) is 0 Å². The van der Waals surface area contributed by atoms with E-state index in [0.717, 1.165) is 9.63 Å². The van der Waals surface area contributed by atoms with E-state index < -0.39 is 0 Å². The van der Waals surface area contributed by atoms with E-state index in [4.69, 9.17) is 5.73 Å². The second-order valence-corrected chi connectivity index (χ2v) is 5.51. The maximum Gasteiger partial charge on any atom is 0.188 e. The number of aromatic nitrogens is 2. The lowest BCUT2D eigenvalue weighted by atomic mass is 10.1. The number of hydrogen-bond acceptors (Lipinski definition) is 4. The van der Waals surface area contributed by atoms with Crippen molar-refractivity contribution in [2.75, 3.05) is 6.54 Å². The zero-order valence-electron chi connectivity index (χ0n) is 9.08. The molecule has 1 heterocycles. The van der Waals surface area contributed by atoms with Gasteiger partial charge in [-0.3, -0.25) is 0 Å². The highest BCUT2D eigenvalue weighted by Crippen LogP contribution is 2.32. The van der Waals surface area contributed by atoms with E-state index in [2.05, 4.69) is 38.0 Å². The smallest absolute Gasteiger partial charge is 0.188 e. The molecule has 0 radical (unpaired) electrons. The van der Waals surface area contributed by atoms with Gasteiger partial charge in [0.25, 0.3) is 0 Å². The summed E-state index contributed by atoms with van der Waals surface area (Å²) in [5.74, 6) is 0. The molecule has 0 saturated carbocycles. The molecule has 88 valence electrons. The van der Waals surface area contributed by atoms with Crippen LogP contribution in [0.5, 0.6) is 0 Å². The Morgan fingerprint density at radius 3 is 2.41 bits per heavy atom. The molecule has 2 rings (SSSR count). The van der Waals surface area contributed by atoms with Crippen LogP contribution < -0.4 is 5.73 Å². The molecule has 0 aliphatic heterocycles. The Hall–Kier alpha value is -0.910. The molecule has 0 bridgehead atoms. The summed E-state index contributed by atoms with van der Waals surface area (Å²) in [6.07, 6.45) is 3.48. The van der Waals surface area contributed by atoms with E-state index in [1.807, 2.05) is 12.1 Å². The zero-order valence-corrected chi connectivity index (χ0v) is 11.5. The second-order valence-electron chi connectivity index (χ2n) is 3.43. The van der Waals surface area contributed by atoms with Crippen molar-refractivity contribution < 1.29 is 0 Å². The average Bonchev–Trinajstić information content (AvgIpc) is 2.38. The summed E-state index contributed by atoms with van der Waals surface area (Å²) in [6, 6.07) is 9.98. The molecule has 0 aliphatic carbocycles. The van der Waals surface area contributed by atoms with E-state index in [1.54, 1.807) is 30.2 Å². The molecule has 1 aromatic heterocycles. The molecule has 0 fully saturated rings. The predicted octanol–water partition coefficient (Wildman–Crippen LogP) is 3.03. The molecular weight excluding hydrogens is 298 g/mol. The Morgan fingerprint density at radius 2 is 1.82 bits per heavy atom. The third kappa shape index (κ3) is 3.52. The maximum absolute atomic E-state index is 5.80. The predicted molar refractivity (Wildman–Crippen MR) is 73.8 cm³/mol. The van der Waals surface area contributed by atoms with Gasteiger partial charge in [0, 0.05) is 28.7 Å². The fourth-order valence-corrected chi connectivity index (χ4v) is 2.55. The standard InChI is InChI=1S/C12H12BrN3S/c13-10-4-2-9(3-5-10)11(8-14)17-12-15-6-1-7-16-12/h1-7,11H,8,14H2. The Bertz CT molecular complexity index is 461. The van der Waals surface area contributed by atoms with Crippen molar-refractivity contribution in [3.63, 3.8) is 0 Å². The van der Waals surface area contributed by atoms with Crippen LogP contribution in [-0.4, -0.2) is 16.5 Å². The number of nitrogens with zero attached hydrogens (tertiary/aromatic N) is 2. The van der Waals surface area contributed by atoms with Crippen LogP contribution in [-0.2, 0) is 0 Å². The highest BCUT2D eigenvalue weighted by atomic mass is 79.9. The molecule has 1 aromatic carbocycles. The lowest BCUT2D eigenvalue weighted by Crippen LogP contribution is -2.09. The van der Waals surface area contributed by atoms with Gasteiger partial charge >= 0.3 is 0 Å². The van der Waals surface area contributed by atoms with Gasteiger partial charge in [-0.15, -0.1) is 0 Å². The molecule has 1 unspecified atom stereocenters. The van der Waals surface area contributed by atoms with Crippen LogP contribution in [0.4, 0.5) is 0 Å². The normalized spacial score (nSPS) is 12.4. The van der Waals surface area contributed by atoms with Gasteiger partial charge in [0.1, 0.15) is 0 Å². The van der Waals surface area contributed by atoms with E-state index in [9.17, 15) is 0 Å². The quantitative estimate of drug-likeness (QED) is 0.696. The molecule has 2 N–H and O–H groups in total. The molecule has 17 heavy (non-hydrogen) atoms. The number of halogens is 1. The first-order valence-corrected chi connectivity index (χ1v) is 6.86. The van der Waals surface area contributed by atoms with Crippen LogP contribution in [0, 0.1) is 0 Å². The monoisotopic (exact) mass is 309 g/mol. The van der Waals surface area contributed by atoms with E-state index in [-0.39, 0.29) is 5.25 Å². The van der Waals surface area contributed by atoms with E-state index in [0.29, 0.717) is 6.54 Å². The van der Waals surface area contributed by atoms with Gasteiger partial charge in [-0.05, 0) is 23.8 Å². The van der Waals surface area contributed by atoms with Gasteiger partial charge in [0.05, 0.1) is 0 Å². The van der Waals surface area contributed by atoms with E-state index >= 15 is 0 Å². The first-order chi connectivity index (χ1) is 8.29. The molecule has 0 aliphatic rings. The Labute approximate surface area is 113 Å². The largest absolute Gasteiger partial charge is 0.329 e. The fourth-order valence-electron chi connectivity index (χ4n) is 1.40. The van der Waals surface area contributed by atoms with Gasteiger partial charge in [0.15, 0.2) is 5.16 Å². The number of benzene rings is 1. The first-order valence-electron chi connectivity index (χ1n) is 5.19. The number of thioether (sulfide) groups is 1. The van der Waals surface area contributed by atoms with Crippen LogP contribution >= 0.6 is 27.7 Å². The molecule has 1 atom stereocenters. The number of rotatable bonds is 4. The Kier molecular flexibility index (Phi) is 4.53. The third-order valence-corrected chi connectivity index (χ3v) is 3.95. The summed E-state index contributed by atoms with van der Waals surface area (Å²) in [4.78, 5) is 8.39. The van der Waals surface area contributed by atoms with Crippen molar-refractivity contribution in [1.82, 2.24) is 9.97 Å². The van der Waals surface area contributed by atoms with Gasteiger partial charge in [0.2, 0.25) is 0 Å². The fraction of sp³-hybridized carbons (Fsp3) is 0.167. The van der Waals surface area contributed by atoms with Crippen molar-refractivity contribution in [2.45, 2.75) is 10.4 Å². The summed E-state index contributed by atoms with van der Waals surface area (Å²) < 4.78 is 1.07. The van der Waals surface area contributed by atoms with E-state index in [1.165, 1.54) is 5.56 Å². The second kappa shape index (κ2) is 6.14. The summed E-state index contributed by atoms with van der Waals surface area (Å²) in [6.45, 7) is 0.560. The van der Waals surface area contributed by atoms with Gasteiger partial charge in [-0.1, -0.05) is 39.8 Å². The van der Waals surface area contributed by atoms with Crippen molar-refractivity contribution in [3.05, 3.63) is 52.8 Å². The summed E-state index contributed by atoms with van der Waals surface area (Å²) in [5.41, 5.74) is 6.99. The zero-order chi connectivity index (χ0) is 12.1. The maximum atomic E-state index is 5.80. The highest BCUT2D eigenvalue weighted by Gasteiger charge is 2.12. The van der Waals surface area contributed by atoms with Crippen LogP contribution in [0.15, 0.2) is 52.4 Å². The first kappa shape index (κ1) is 12.5. The van der Waals surface area contributed by atoms with Gasteiger partial charge in [-0.25, -0.2) is 9.97 Å². The molecule has 0 spiro atoms. The Morgan fingerprint density at radius 1 is 1.18 bits per heavy atom. The average molecular weight is 310 g/mol. The molecule has 2 aromatic rings. The number of nitrogens with two attached hydrogens (primary N) is 1. The SMILES string of the molecule is NCC(Sc1ncccn1)c1ccc(Br)cc1. The third-order valence-electron chi connectivity index (χ3n) is 2.25. The Balaban J connectivity index is 2.14.